The molecule has 0 radical (unpaired) electrons. The predicted octanol–water partition coefficient (Wildman–Crippen LogP) is 1.97. The number of anilines is 2. The van der Waals surface area contributed by atoms with Crippen molar-refractivity contribution in [2.75, 3.05) is 30.7 Å². The quantitative estimate of drug-likeness (QED) is 0.837. The number of hydrogen-bond donors (Lipinski definition) is 2. The van der Waals surface area contributed by atoms with E-state index in [-0.39, 0.29) is 18.1 Å². The van der Waals surface area contributed by atoms with Crippen molar-refractivity contribution >= 4 is 28.9 Å². The predicted molar refractivity (Wildman–Crippen MR) is 80.9 cm³/mol. The van der Waals surface area contributed by atoms with Crippen LogP contribution in [-0.4, -0.2) is 42.6 Å². The highest BCUT2D eigenvalue weighted by Crippen LogP contribution is 2.23. The first kappa shape index (κ1) is 15.1. The molecule has 1 aromatic rings. The third kappa shape index (κ3) is 4.10. The largest absolute Gasteiger partial charge is 0.397 e. The van der Waals surface area contributed by atoms with Crippen LogP contribution in [0.15, 0.2) is 18.2 Å². The molecule has 110 valence electrons. The fraction of sp³-hybridized carbons (Fsp3) is 0.500. The number of nitrogen functional groups attached to an aromatic ring is 1. The molecule has 6 heteroatoms. The Morgan fingerprint density at radius 2 is 2.10 bits per heavy atom. The van der Waals surface area contributed by atoms with Crippen molar-refractivity contribution in [2.45, 2.75) is 26.1 Å². The van der Waals surface area contributed by atoms with E-state index in [9.17, 15) is 4.79 Å². The Balaban J connectivity index is 1.93. The van der Waals surface area contributed by atoms with Gasteiger partial charge in [0.25, 0.3) is 0 Å². The highest BCUT2D eigenvalue weighted by Gasteiger charge is 2.23. The summed E-state index contributed by atoms with van der Waals surface area (Å²) in [7, 11) is 0. The second-order valence-electron chi connectivity index (χ2n) is 5.23. The van der Waals surface area contributed by atoms with Gasteiger partial charge in [0.2, 0.25) is 5.91 Å². The smallest absolute Gasteiger partial charge is 0.238 e. The molecule has 1 aliphatic rings. The van der Waals surface area contributed by atoms with Crippen LogP contribution in [0.4, 0.5) is 11.4 Å². The zero-order valence-corrected chi connectivity index (χ0v) is 12.5. The van der Waals surface area contributed by atoms with E-state index in [0.717, 1.165) is 13.1 Å². The van der Waals surface area contributed by atoms with E-state index in [0.29, 0.717) is 22.9 Å². The molecule has 1 aliphatic heterocycles. The SMILES string of the molecule is CC1CN(CC(=O)Nc2cc(Cl)ccc2N)CC(C)O1. The number of morpholine rings is 1. The van der Waals surface area contributed by atoms with Gasteiger partial charge < -0.3 is 15.8 Å². The summed E-state index contributed by atoms with van der Waals surface area (Å²) in [6, 6.07) is 5.02. The molecule has 1 aromatic carbocycles. The van der Waals surface area contributed by atoms with Crippen LogP contribution >= 0.6 is 11.6 Å². The molecule has 1 amide bonds. The summed E-state index contributed by atoms with van der Waals surface area (Å²) in [5.41, 5.74) is 6.87. The fourth-order valence-electron chi connectivity index (χ4n) is 2.44. The summed E-state index contributed by atoms with van der Waals surface area (Å²) in [4.78, 5) is 14.1. The van der Waals surface area contributed by atoms with Gasteiger partial charge in [-0.1, -0.05) is 11.6 Å². The molecule has 0 aliphatic carbocycles. The van der Waals surface area contributed by atoms with E-state index in [4.69, 9.17) is 22.1 Å². The Bertz CT molecular complexity index is 485. The average Bonchev–Trinajstić information content (AvgIpc) is 2.32. The van der Waals surface area contributed by atoms with Crippen LogP contribution in [0.2, 0.25) is 5.02 Å². The molecule has 2 atom stereocenters. The molecule has 0 aromatic heterocycles. The van der Waals surface area contributed by atoms with Crippen molar-refractivity contribution in [3.8, 4) is 0 Å². The van der Waals surface area contributed by atoms with Gasteiger partial charge in [-0.15, -0.1) is 0 Å². The Labute approximate surface area is 124 Å². The minimum absolute atomic E-state index is 0.0970. The summed E-state index contributed by atoms with van der Waals surface area (Å²) in [6.45, 7) is 5.85. The lowest BCUT2D eigenvalue weighted by Gasteiger charge is -2.34. The summed E-state index contributed by atoms with van der Waals surface area (Å²) in [5, 5.41) is 3.34. The zero-order chi connectivity index (χ0) is 14.7. The number of carbonyl (C=O) groups is 1. The van der Waals surface area contributed by atoms with Crippen LogP contribution in [0.3, 0.4) is 0 Å². The van der Waals surface area contributed by atoms with Gasteiger partial charge in [-0.25, -0.2) is 0 Å². The maximum absolute atomic E-state index is 12.1. The summed E-state index contributed by atoms with van der Waals surface area (Å²) in [5.74, 6) is -0.0970. The van der Waals surface area contributed by atoms with Gasteiger partial charge in [0.15, 0.2) is 0 Å². The van der Waals surface area contributed by atoms with Crippen molar-refractivity contribution < 1.29 is 9.53 Å². The molecular formula is C14H20ClN3O2. The van der Waals surface area contributed by atoms with Crippen molar-refractivity contribution in [3.63, 3.8) is 0 Å². The Morgan fingerprint density at radius 1 is 1.45 bits per heavy atom. The fourth-order valence-corrected chi connectivity index (χ4v) is 2.62. The van der Waals surface area contributed by atoms with Gasteiger partial charge in [-0.3, -0.25) is 9.69 Å². The van der Waals surface area contributed by atoms with Crippen molar-refractivity contribution in [1.29, 1.82) is 0 Å². The molecule has 5 nitrogen and oxygen atoms in total. The van der Waals surface area contributed by atoms with Crippen molar-refractivity contribution in [2.24, 2.45) is 0 Å². The van der Waals surface area contributed by atoms with E-state index in [1.54, 1.807) is 18.2 Å². The molecule has 20 heavy (non-hydrogen) atoms. The molecule has 0 bridgehead atoms. The van der Waals surface area contributed by atoms with E-state index >= 15 is 0 Å². The van der Waals surface area contributed by atoms with Gasteiger partial charge in [0, 0.05) is 18.1 Å². The lowest BCUT2D eigenvalue weighted by molar-refractivity contribution is -0.121. The maximum Gasteiger partial charge on any atom is 0.238 e. The molecular weight excluding hydrogens is 278 g/mol. The van der Waals surface area contributed by atoms with Crippen LogP contribution in [0.5, 0.6) is 0 Å². The van der Waals surface area contributed by atoms with Gasteiger partial charge in [0.1, 0.15) is 0 Å². The van der Waals surface area contributed by atoms with Crippen LogP contribution < -0.4 is 11.1 Å². The number of nitrogens with one attached hydrogen (secondary N) is 1. The number of amides is 1. The highest BCUT2D eigenvalue weighted by molar-refractivity contribution is 6.31. The first-order valence-electron chi connectivity index (χ1n) is 6.66. The number of benzene rings is 1. The normalized spacial score (nSPS) is 23.6. The van der Waals surface area contributed by atoms with Crippen molar-refractivity contribution in [3.05, 3.63) is 23.2 Å². The van der Waals surface area contributed by atoms with Gasteiger partial charge >= 0.3 is 0 Å². The van der Waals surface area contributed by atoms with Gasteiger partial charge in [-0.05, 0) is 32.0 Å². The Hall–Kier alpha value is -1.30. The molecule has 2 unspecified atom stereocenters. The lowest BCUT2D eigenvalue weighted by atomic mass is 10.2. The molecule has 1 heterocycles. The number of nitrogens with two attached hydrogens (primary N) is 1. The second kappa shape index (κ2) is 6.43. The highest BCUT2D eigenvalue weighted by atomic mass is 35.5. The summed E-state index contributed by atoms with van der Waals surface area (Å²) in [6.07, 6.45) is 0.283. The van der Waals surface area contributed by atoms with Crippen LogP contribution in [-0.2, 0) is 9.53 Å². The van der Waals surface area contributed by atoms with Gasteiger partial charge in [0.05, 0.1) is 30.1 Å². The van der Waals surface area contributed by atoms with E-state index < -0.39 is 0 Å². The van der Waals surface area contributed by atoms with E-state index in [1.165, 1.54) is 0 Å². The third-order valence-electron chi connectivity index (χ3n) is 3.15. The molecule has 0 saturated carbocycles. The molecule has 1 saturated heterocycles. The molecule has 0 spiro atoms. The molecule has 1 fully saturated rings. The summed E-state index contributed by atoms with van der Waals surface area (Å²) < 4.78 is 5.64. The summed E-state index contributed by atoms with van der Waals surface area (Å²) >= 11 is 5.90. The molecule has 2 rings (SSSR count). The number of nitrogens with zero attached hydrogens (tertiary/aromatic N) is 1. The number of rotatable bonds is 3. The Morgan fingerprint density at radius 3 is 2.75 bits per heavy atom. The van der Waals surface area contributed by atoms with Gasteiger partial charge in [-0.2, -0.15) is 0 Å². The van der Waals surface area contributed by atoms with E-state index in [1.807, 2.05) is 13.8 Å². The topological polar surface area (TPSA) is 67.6 Å². The molecule has 3 N–H and O–H groups in total. The minimum atomic E-state index is -0.0970. The maximum atomic E-state index is 12.1. The zero-order valence-electron chi connectivity index (χ0n) is 11.7. The number of carbonyl (C=O) groups excluding carboxylic acids is 1. The van der Waals surface area contributed by atoms with E-state index in [2.05, 4.69) is 10.2 Å². The lowest BCUT2D eigenvalue weighted by Crippen LogP contribution is -2.48. The first-order valence-corrected chi connectivity index (χ1v) is 7.04. The minimum Gasteiger partial charge on any atom is -0.397 e. The number of hydrogen-bond acceptors (Lipinski definition) is 4. The third-order valence-corrected chi connectivity index (χ3v) is 3.39. The van der Waals surface area contributed by atoms with Crippen LogP contribution in [0, 0.1) is 0 Å². The van der Waals surface area contributed by atoms with Crippen molar-refractivity contribution in [1.82, 2.24) is 4.90 Å². The standard InChI is InChI=1S/C14H20ClN3O2/c1-9-6-18(7-10(2)20-9)8-14(19)17-13-5-11(15)3-4-12(13)16/h3-5,9-10H,6-8,16H2,1-2H3,(H,17,19). The Kier molecular flexibility index (Phi) is 4.86. The average molecular weight is 298 g/mol. The van der Waals surface area contributed by atoms with Crippen LogP contribution in [0.1, 0.15) is 13.8 Å². The second-order valence-corrected chi connectivity index (χ2v) is 5.67. The first-order chi connectivity index (χ1) is 9.44. The van der Waals surface area contributed by atoms with Crippen LogP contribution in [0.25, 0.3) is 0 Å². The monoisotopic (exact) mass is 297 g/mol. The number of halogens is 1. The number of ether oxygens (including phenoxy) is 1.